The number of hydrogen-bond acceptors (Lipinski definition) is 7. The fraction of sp³-hybridized carbons (Fsp3) is 0.640. The highest BCUT2D eigenvalue weighted by Gasteiger charge is 2.58. The molecule has 8 heteroatoms. The van der Waals surface area contributed by atoms with Gasteiger partial charge in [0.25, 0.3) is 0 Å². The van der Waals surface area contributed by atoms with Gasteiger partial charge in [-0.1, -0.05) is 30.3 Å². The van der Waals surface area contributed by atoms with Crippen LogP contribution in [0.15, 0.2) is 30.3 Å². The highest BCUT2D eigenvalue weighted by Crippen LogP contribution is 2.45. The quantitative estimate of drug-likeness (QED) is 0.506. The lowest BCUT2D eigenvalue weighted by atomic mass is 9.76. The molecule has 1 aromatic rings. The lowest BCUT2D eigenvalue weighted by molar-refractivity contribution is -0.178. The number of esters is 1. The van der Waals surface area contributed by atoms with Gasteiger partial charge in [0.05, 0.1) is 17.9 Å². The topological polar surface area (TPSA) is 107 Å². The van der Waals surface area contributed by atoms with E-state index in [4.69, 9.17) is 4.74 Å². The Kier molecular flexibility index (Phi) is 5.79. The van der Waals surface area contributed by atoms with Crippen molar-refractivity contribution in [3.05, 3.63) is 35.9 Å². The van der Waals surface area contributed by atoms with Crippen molar-refractivity contribution in [3.8, 4) is 0 Å². The van der Waals surface area contributed by atoms with Gasteiger partial charge in [-0.15, -0.1) is 0 Å². The first-order chi connectivity index (χ1) is 15.8. The number of rotatable bonds is 5. The first kappa shape index (κ1) is 22.5. The zero-order valence-electron chi connectivity index (χ0n) is 19.0. The number of nitrogens with zero attached hydrogens (tertiary/aromatic N) is 2. The van der Waals surface area contributed by atoms with Gasteiger partial charge in [0.15, 0.2) is 5.78 Å². The number of carboxylic acid groups (broad SMARTS) is 1. The third-order valence-corrected chi connectivity index (χ3v) is 8.77. The molecule has 5 rings (SSSR count). The van der Waals surface area contributed by atoms with Crippen molar-refractivity contribution in [2.75, 3.05) is 14.1 Å². The van der Waals surface area contributed by atoms with Gasteiger partial charge in [-0.25, -0.2) is 0 Å². The molecule has 4 heterocycles. The number of aliphatic hydroxyl groups excluding tert-OH is 1. The smallest absolute Gasteiger partial charge is 0.313 e. The first-order valence-electron chi connectivity index (χ1n) is 11.9. The molecular weight excluding hydrogens is 424 g/mol. The summed E-state index contributed by atoms with van der Waals surface area (Å²) in [6.45, 7) is 0. The minimum atomic E-state index is -1.16. The molecule has 4 aliphatic heterocycles. The normalized spacial score (nSPS) is 40.5. The summed E-state index contributed by atoms with van der Waals surface area (Å²) in [5.74, 6) is -4.08. The van der Waals surface area contributed by atoms with Gasteiger partial charge in [-0.3, -0.25) is 24.2 Å². The molecule has 1 aromatic carbocycles. The van der Waals surface area contributed by atoms with Crippen LogP contribution in [-0.2, 0) is 14.3 Å². The summed E-state index contributed by atoms with van der Waals surface area (Å²) < 4.78 is 5.89. The second-order valence-electron chi connectivity index (χ2n) is 10.2. The molecule has 9 atom stereocenters. The number of Topliss-reactive ketones (excluding diaryl/α,β-unsaturated/α-hetero) is 1. The van der Waals surface area contributed by atoms with E-state index in [1.807, 2.05) is 25.1 Å². The van der Waals surface area contributed by atoms with E-state index in [9.17, 15) is 24.6 Å². The van der Waals surface area contributed by atoms with Crippen molar-refractivity contribution in [3.63, 3.8) is 0 Å². The van der Waals surface area contributed by atoms with Gasteiger partial charge in [0.1, 0.15) is 12.0 Å². The average molecular weight is 457 g/mol. The standard InChI is InChI=1S/C25H32N2O6/c1-26-14-8-9-15(26)19(24(30)31)18(12-14)33-25(32)21-17-11-10-16(27(17)2)20(23(21)29)22(28)13-6-4-3-5-7-13/h3-7,14-21,23,29H,8-12H2,1-2H3,(H,30,31)/t14-,15+,16-,17+,18-,19+,20?,21+,23-/m0/s1. The lowest BCUT2D eigenvalue weighted by Gasteiger charge is -2.45. The minimum absolute atomic E-state index is 0.132. The first-order valence-corrected chi connectivity index (χ1v) is 11.9. The molecule has 1 unspecified atom stereocenters. The van der Waals surface area contributed by atoms with E-state index in [1.54, 1.807) is 24.3 Å². The predicted molar refractivity (Wildman–Crippen MR) is 119 cm³/mol. The van der Waals surface area contributed by atoms with E-state index in [1.165, 1.54) is 0 Å². The van der Waals surface area contributed by atoms with E-state index in [-0.39, 0.29) is 30.0 Å². The number of piperidine rings is 2. The van der Waals surface area contributed by atoms with Crippen molar-refractivity contribution < 1.29 is 29.3 Å². The Morgan fingerprint density at radius 3 is 2.15 bits per heavy atom. The molecule has 0 aliphatic carbocycles. The number of carbonyl (C=O) groups excluding carboxylic acids is 2. The van der Waals surface area contributed by atoms with Crippen LogP contribution in [0.1, 0.15) is 42.5 Å². The van der Waals surface area contributed by atoms with Gasteiger partial charge in [-0.2, -0.15) is 0 Å². The Morgan fingerprint density at radius 2 is 1.48 bits per heavy atom. The maximum absolute atomic E-state index is 13.5. The maximum atomic E-state index is 13.5. The molecule has 0 aromatic heterocycles. The number of ether oxygens (including phenoxy) is 1. The van der Waals surface area contributed by atoms with Crippen molar-refractivity contribution in [1.82, 2.24) is 9.80 Å². The van der Waals surface area contributed by atoms with Gasteiger partial charge < -0.3 is 14.9 Å². The fourth-order valence-corrected chi connectivity index (χ4v) is 7.05. The summed E-state index contributed by atoms with van der Waals surface area (Å²) in [5.41, 5.74) is 0.519. The molecule has 4 aliphatic rings. The molecule has 4 bridgehead atoms. The average Bonchev–Trinajstić information content (AvgIpc) is 3.18. The number of carbonyl (C=O) groups is 3. The van der Waals surface area contributed by atoms with Crippen LogP contribution in [0.3, 0.4) is 0 Å². The van der Waals surface area contributed by atoms with Crippen LogP contribution in [0.5, 0.6) is 0 Å². The second kappa shape index (κ2) is 8.49. The molecule has 4 fully saturated rings. The largest absolute Gasteiger partial charge is 0.481 e. The summed E-state index contributed by atoms with van der Waals surface area (Å²) in [4.78, 5) is 43.0. The summed E-state index contributed by atoms with van der Waals surface area (Å²) in [5, 5.41) is 21.2. The van der Waals surface area contributed by atoms with Gasteiger partial charge in [0.2, 0.25) is 0 Å². The van der Waals surface area contributed by atoms with E-state index in [2.05, 4.69) is 4.90 Å². The third kappa shape index (κ3) is 3.59. The molecule has 0 saturated carbocycles. The number of ketones is 1. The van der Waals surface area contributed by atoms with Crippen molar-refractivity contribution >= 4 is 17.7 Å². The number of carboxylic acids is 1. The second-order valence-corrected chi connectivity index (χ2v) is 10.2. The monoisotopic (exact) mass is 456 g/mol. The van der Waals surface area contributed by atoms with Crippen LogP contribution in [0.25, 0.3) is 0 Å². The maximum Gasteiger partial charge on any atom is 0.313 e. The van der Waals surface area contributed by atoms with E-state index < -0.39 is 41.9 Å². The number of fused-ring (bicyclic) bond motifs is 4. The van der Waals surface area contributed by atoms with E-state index in [0.29, 0.717) is 18.4 Å². The molecule has 0 radical (unpaired) electrons. The van der Waals surface area contributed by atoms with Crippen LogP contribution in [-0.4, -0.2) is 88.2 Å². The Labute approximate surface area is 193 Å². The molecule has 0 spiro atoms. The summed E-state index contributed by atoms with van der Waals surface area (Å²) >= 11 is 0. The molecule has 8 nitrogen and oxygen atoms in total. The van der Waals surface area contributed by atoms with Crippen LogP contribution >= 0.6 is 0 Å². The molecular formula is C25H32N2O6. The van der Waals surface area contributed by atoms with Crippen molar-refractivity contribution in [2.45, 2.75) is 68.5 Å². The lowest BCUT2D eigenvalue weighted by Crippen LogP contribution is -2.60. The summed E-state index contributed by atoms with van der Waals surface area (Å²) in [6, 6.07) is 8.57. The fourth-order valence-electron chi connectivity index (χ4n) is 7.05. The number of aliphatic hydroxyl groups is 1. The van der Waals surface area contributed by atoms with Gasteiger partial charge in [0, 0.05) is 36.2 Å². The molecule has 0 amide bonds. The van der Waals surface area contributed by atoms with E-state index >= 15 is 0 Å². The summed E-state index contributed by atoms with van der Waals surface area (Å²) in [6.07, 6.45) is 1.69. The number of aliphatic carboxylic acids is 1. The number of benzene rings is 1. The molecule has 4 saturated heterocycles. The summed E-state index contributed by atoms with van der Waals surface area (Å²) in [7, 11) is 3.84. The zero-order valence-corrected chi connectivity index (χ0v) is 19.0. The molecule has 33 heavy (non-hydrogen) atoms. The molecule has 178 valence electrons. The van der Waals surface area contributed by atoms with Crippen LogP contribution in [0.2, 0.25) is 0 Å². The van der Waals surface area contributed by atoms with Crippen LogP contribution in [0, 0.1) is 17.8 Å². The van der Waals surface area contributed by atoms with E-state index in [0.717, 1.165) is 19.3 Å². The Balaban J connectivity index is 1.39. The highest BCUT2D eigenvalue weighted by molar-refractivity contribution is 5.99. The highest BCUT2D eigenvalue weighted by atomic mass is 16.5. The minimum Gasteiger partial charge on any atom is -0.481 e. The zero-order chi connectivity index (χ0) is 23.4. The van der Waals surface area contributed by atoms with Gasteiger partial charge in [-0.05, 0) is 39.8 Å². The van der Waals surface area contributed by atoms with Crippen LogP contribution in [0.4, 0.5) is 0 Å². The van der Waals surface area contributed by atoms with Crippen LogP contribution < -0.4 is 0 Å². The Morgan fingerprint density at radius 1 is 0.879 bits per heavy atom. The Hall–Kier alpha value is -2.29. The van der Waals surface area contributed by atoms with Crippen molar-refractivity contribution in [2.24, 2.45) is 17.8 Å². The third-order valence-electron chi connectivity index (χ3n) is 8.77. The van der Waals surface area contributed by atoms with Gasteiger partial charge >= 0.3 is 11.9 Å². The number of hydrogen-bond donors (Lipinski definition) is 2. The molecule has 2 N–H and O–H groups in total. The Bertz CT molecular complexity index is 938. The van der Waals surface area contributed by atoms with Crippen molar-refractivity contribution in [1.29, 1.82) is 0 Å². The SMILES string of the molecule is CN1[C@H]2CC[C@@H]1[C@@H](C(=O)O)[C@@H](OC(=O)[C@@H]1[C@H]3CC[C@@H](C(C(=O)c4ccccc4)[C@@H]1O)N3C)C2. The predicted octanol–water partition coefficient (Wildman–Crippen LogP) is 1.42.